The molecule has 0 bridgehead atoms. The molecule has 0 aliphatic carbocycles. The Morgan fingerprint density at radius 1 is 0.868 bits per heavy atom. The number of amides is 2. The van der Waals surface area contributed by atoms with Gasteiger partial charge < -0.3 is 10.6 Å². The summed E-state index contributed by atoms with van der Waals surface area (Å²) in [4.78, 5) is 52.1. The number of fused-ring (bicyclic) bond motifs is 1. The Morgan fingerprint density at radius 2 is 1.61 bits per heavy atom. The van der Waals surface area contributed by atoms with Crippen molar-refractivity contribution in [1.82, 2.24) is 14.5 Å². The van der Waals surface area contributed by atoms with Gasteiger partial charge >= 0.3 is 5.69 Å². The SMILES string of the molecule is CCCCNC(=O)Cc1ccc(-n2c(=O)c3ccccc3n(CC(=O)Nc3cccc(C)c3C)c2=O)cc1. The van der Waals surface area contributed by atoms with Gasteiger partial charge in [-0.25, -0.2) is 9.36 Å². The largest absolute Gasteiger partial charge is 0.356 e. The smallest absolute Gasteiger partial charge is 0.336 e. The van der Waals surface area contributed by atoms with E-state index in [-0.39, 0.29) is 24.8 Å². The second-order valence-corrected chi connectivity index (χ2v) is 9.37. The number of hydrogen-bond donors (Lipinski definition) is 2. The maximum atomic E-state index is 13.6. The number of aryl methyl sites for hydroxylation is 1. The summed E-state index contributed by atoms with van der Waals surface area (Å²) in [6.45, 7) is 6.32. The lowest BCUT2D eigenvalue weighted by molar-refractivity contribution is -0.120. The molecule has 4 aromatic rings. The van der Waals surface area contributed by atoms with Crippen molar-refractivity contribution in [3.05, 3.63) is 104 Å². The standard InChI is InChI=1S/C30H32N4O4/c1-4-5-17-31-27(35)18-22-13-15-23(16-14-22)34-29(37)24-10-6-7-12-26(24)33(30(34)38)19-28(36)32-25-11-8-9-20(2)21(25)3/h6-16H,4-5,17-19H2,1-3H3,(H,31,35)(H,32,36). The summed E-state index contributed by atoms with van der Waals surface area (Å²) >= 11 is 0. The second-order valence-electron chi connectivity index (χ2n) is 9.37. The first-order valence-electron chi connectivity index (χ1n) is 12.8. The molecule has 0 radical (unpaired) electrons. The van der Waals surface area contributed by atoms with Crippen molar-refractivity contribution < 1.29 is 9.59 Å². The molecule has 38 heavy (non-hydrogen) atoms. The topological polar surface area (TPSA) is 102 Å². The van der Waals surface area contributed by atoms with E-state index in [1.54, 1.807) is 48.5 Å². The van der Waals surface area contributed by atoms with Gasteiger partial charge in [0.25, 0.3) is 5.56 Å². The van der Waals surface area contributed by atoms with Crippen LogP contribution in [-0.4, -0.2) is 27.5 Å². The molecule has 0 aliphatic rings. The zero-order chi connectivity index (χ0) is 27.2. The molecule has 0 unspecified atom stereocenters. The van der Waals surface area contributed by atoms with Crippen LogP contribution in [0.1, 0.15) is 36.5 Å². The van der Waals surface area contributed by atoms with Gasteiger partial charge in [0, 0.05) is 12.2 Å². The van der Waals surface area contributed by atoms with Gasteiger partial charge in [0.15, 0.2) is 0 Å². The third-order valence-electron chi connectivity index (χ3n) is 6.64. The third kappa shape index (κ3) is 5.75. The highest BCUT2D eigenvalue weighted by atomic mass is 16.2. The minimum Gasteiger partial charge on any atom is -0.356 e. The summed E-state index contributed by atoms with van der Waals surface area (Å²) in [5.41, 5.74) is 3.10. The lowest BCUT2D eigenvalue weighted by atomic mass is 10.1. The molecule has 1 aromatic heterocycles. The third-order valence-corrected chi connectivity index (χ3v) is 6.64. The van der Waals surface area contributed by atoms with Gasteiger partial charge in [0.05, 0.1) is 23.0 Å². The van der Waals surface area contributed by atoms with E-state index in [1.807, 2.05) is 32.0 Å². The number of para-hydroxylation sites is 1. The highest BCUT2D eigenvalue weighted by Gasteiger charge is 2.17. The molecular formula is C30H32N4O4. The Bertz CT molecular complexity index is 1600. The fraction of sp³-hybridized carbons (Fsp3) is 0.267. The fourth-order valence-electron chi connectivity index (χ4n) is 4.34. The summed E-state index contributed by atoms with van der Waals surface area (Å²) < 4.78 is 2.38. The summed E-state index contributed by atoms with van der Waals surface area (Å²) in [7, 11) is 0. The van der Waals surface area contributed by atoms with Crippen molar-refractivity contribution in [2.75, 3.05) is 11.9 Å². The lowest BCUT2D eigenvalue weighted by Gasteiger charge is -2.15. The first kappa shape index (κ1) is 26.6. The Kier molecular flexibility index (Phi) is 8.21. The van der Waals surface area contributed by atoms with Crippen LogP contribution in [0.3, 0.4) is 0 Å². The normalized spacial score (nSPS) is 10.9. The molecule has 4 rings (SSSR count). The van der Waals surface area contributed by atoms with E-state index >= 15 is 0 Å². The summed E-state index contributed by atoms with van der Waals surface area (Å²) in [5, 5.41) is 6.09. The van der Waals surface area contributed by atoms with E-state index in [0.29, 0.717) is 28.8 Å². The maximum Gasteiger partial charge on any atom is 0.336 e. The fourth-order valence-corrected chi connectivity index (χ4v) is 4.34. The molecular weight excluding hydrogens is 480 g/mol. The van der Waals surface area contributed by atoms with Gasteiger partial charge in [-0.15, -0.1) is 0 Å². The number of aromatic nitrogens is 2. The van der Waals surface area contributed by atoms with Gasteiger partial charge in [-0.1, -0.05) is 49.7 Å². The Labute approximate surface area is 220 Å². The van der Waals surface area contributed by atoms with Gasteiger partial charge in [-0.2, -0.15) is 0 Å². The Hall–Kier alpha value is -4.46. The monoisotopic (exact) mass is 512 g/mol. The number of unbranched alkanes of at least 4 members (excludes halogenated alkanes) is 1. The highest BCUT2D eigenvalue weighted by molar-refractivity contribution is 5.92. The minimum atomic E-state index is -0.616. The van der Waals surface area contributed by atoms with E-state index in [2.05, 4.69) is 17.6 Å². The van der Waals surface area contributed by atoms with Crippen LogP contribution in [0.25, 0.3) is 16.6 Å². The minimum absolute atomic E-state index is 0.0775. The predicted octanol–water partition coefficient (Wildman–Crippen LogP) is 3.87. The lowest BCUT2D eigenvalue weighted by Crippen LogP contribution is -2.40. The molecule has 1 heterocycles. The number of anilines is 1. The van der Waals surface area contributed by atoms with E-state index in [9.17, 15) is 19.2 Å². The van der Waals surface area contributed by atoms with E-state index < -0.39 is 11.2 Å². The quantitative estimate of drug-likeness (QED) is 0.333. The van der Waals surface area contributed by atoms with E-state index in [1.165, 1.54) is 4.57 Å². The van der Waals surface area contributed by atoms with Gasteiger partial charge in [-0.05, 0) is 67.3 Å². The van der Waals surface area contributed by atoms with Crippen LogP contribution in [0, 0.1) is 13.8 Å². The second kappa shape index (κ2) is 11.7. The Balaban J connectivity index is 1.67. The van der Waals surface area contributed by atoms with Crippen LogP contribution in [0.15, 0.2) is 76.3 Å². The molecule has 3 aromatic carbocycles. The zero-order valence-corrected chi connectivity index (χ0v) is 21.9. The van der Waals surface area contributed by atoms with Crippen molar-refractivity contribution in [2.45, 2.75) is 46.6 Å². The van der Waals surface area contributed by atoms with Crippen molar-refractivity contribution in [3.63, 3.8) is 0 Å². The number of nitrogens with one attached hydrogen (secondary N) is 2. The number of carbonyl (C=O) groups is 2. The molecule has 0 aliphatic heterocycles. The molecule has 0 atom stereocenters. The molecule has 8 nitrogen and oxygen atoms in total. The predicted molar refractivity (Wildman–Crippen MR) is 150 cm³/mol. The molecule has 0 spiro atoms. The van der Waals surface area contributed by atoms with Gasteiger partial charge in [0.2, 0.25) is 11.8 Å². The number of benzene rings is 3. The van der Waals surface area contributed by atoms with Crippen molar-refractivity contribution >= 4 is 28.4 Å². The van der Waals surface area contributed by atoms with Crippen LogP contribution in [0.4, 0.5) is 5.69 Å². The molecule has 0 saturated carbocycles. The molecule has 2 amide bonds. The van der Waals surface area contributed by atoms with Gasteiger partial charge in [-0.3, -0.25) is 19.0 Å². The van der Waals surface area contributed by atoms with Crippen LogP contribution in [0.5, 0.6) is 0 Å². The first-order chi connectivity index (χ1) is 18.3. The summed E-state index contributed by atoms with van der Waals surface area (Å²) in [6.07, 6.45) is 2.13. The van der Waals surface area contributed by atoms with Crippen molar-refractivity contribution in [1.29, 1.82) is 0 Å². The van der Waals surface area contributed by atoms with E-state index in [4.69, 9.17) is 0 Å². The number of rotatable bonds is 9. The number of nitrogens with zero attached hydrogens (tertiary/aromatic N) is 2. The van der Waals surface area contributed by atoms with E-state index in [0.717, 1.165) is 34.1 Å². The molecule has 196 valence electrons. The summed E-state index contributed by atoms with van der Waals surface area (Å²) in [6, 6.07) is 19.1. The highest BCUT2D eigenvalue weighted by Crippen LogP contribution is 2.18. The molecule has 0 fully saturated rings. The molecule has 0 saturated heterocycles. The zero-order valence-electron chi connectivity index (χ0n) is 21.9. The van der Waals surface area contributed by atoms with Crippen LogP contribution in [-0.2, 0) is 22.6 Å². The maximum absolute atomic E-state index is 13.6. The van der Waals surface area contributed by atoms with Crippen LogP contribution >= 0.6 is 0 Å². The summed E-state index contributed by atoms with van der Waals surface area (Å²) in [5.74, 6) is -0.452. The Morgan fingerprint density at radius 3 is 2.34 bits per heavy atom. The average molecular weight is 513 g/mol. The molecule has 8 heteroatoms. The van der Waals surface area contributed by atoms with Crippen LogP contribution in [0.2, 0.25) is 0 Å². The number of hydrogen-bond acceptors (Lipinski definition) is 4. The van der Waals surface area contributed by atoms with Gasteiger partial charge in [0.1, 0.15) is 6.54 Å². The average Bonchev–Trinajstić information content (AvgIpc) is 2.90. The number of carbonyl (C=O) groups excluding carboxylic acids is 2. The first-order valence-corrected chi connectivity index (χ1v) is 12.8. The van der Waals surface area contributed by atoms with Crippen molar-refractivity contribution in [2.24, 2.45) is 0 Å². The molecule has 2 N–H and O–H groups in total. The van der Waals surface area contributed by atoms with Crippen LogP contribution < -0.4 is 21.9 Å². The van der Waals surface area contributed by atoms with Crippen molar-refractivity contribution in [3.8, 4) is 5.69 Å².